The summed E-state index contributed by atoms with van der Waals surface area (Å²) in [5.41, 5.74) is -2.83. The molecule has 0 spiro atoms. The van der Waals surface area contributed by atoms with Gasteiger partial charge in [-0.15, -0.1) is 0 Å². The smallest absolute Gasteiger partial charge is 0.374 e. The fourth-order valence-corrected chi connectivity index (χ4v) is 6.64. The van der Waals surface area contributed by atoms with Gasteiger partial charge in [0.1, 0.15) is 36.7 Å². The van der Waals surface area contributed by atoms with E-state index in [-0.39, 0.29) is 12.0 Å². The fourth-order valence-electron chi connectivity index (χ4n) is 4.73. The molecule has 0 amide bonds. The minimum absolute atomic E-state index is 0.183. The second kappa shape index (κ2) is 11.3. The molecule has 9 atom stereocenters. The van der Waals surface area contributed by atoms with Gasteiger partial charge in [-0.1, -0.05) is 0 Å². The molecule has 2 unspecified atom stereocenters. The number of methoxy groups -OCH3 is 1. The first-order valence-electron chi connectivity index (χ1n) is 12.1. The van der Waals surface area contributed by atoms with E-state index in [4.69, 9.17) is 32.3 Å². The van der Waals surface area contributed by atoms with Gasteiger partial charge in [-0.05, 0) is 6.92 Å². The highest BCUT2D eigenvalue weighted by Gasteiger charge is 2.52. The topological polar surface area (TPSA) is 249 Å². The summed E-state index contributed by atoms with van der Waals surface area (Å²) in [6.07, 6.45) is -7.01. The van der Waals surface area contributed by atoms with E-state index in [9.17, 15) is 38.1 Å². The van der Waals surface area contributed by atoms with E-state index < -0.39 is 94.3 Å². The summed E-state index contributed by atoms with van der Waals surface area (Å²) in [4.78, 5) is 73.1. The number of phosphoric acid groups is 2. The van der Waals surface area contributed by atoms with Crippen LogP contribution in [0.1, 0.15) is 24.4 Å². The number of aryl methyl sites for hydroxylation is 1. The molecule has 0 saturated carbocycles. The number of phosphoric ester groups is 2. The zero-order valence-corrected chi connectivity index (χ0v) is 23.2. The van der Waals surface area contributed by atoms with E-state index in [2.05, 4.69) is 4.98 Å². The molecular formula is C20H26N4O15P2. The molecule has 0 aromatic carbocycles. The average Bonchev–Trinajstić information content (AvgIpc) is 3.43. The Kier molecular flexibility index (Phi) is 8.23. The lowest BCUT2D eigenvalue weighted by Crippen LogP contribution is -2.40. The van der Waals surface area contributed by atoms with E-state index in [1.165, 1.54) is 20.2 Å². The first-order chi connectivity index (χ1) is 19.3. The Balaban J connectivity index is 1.42. The van der Waals surface area contributed by atoms with Crippen molar-refractivity contribution in [1.82, 2.24) is 19.1 Å². The number of rotatable bonds is 3. The van der Waals surface area contributed by atoms with E-state index in [1.807, 2.05) is 4.98 Å². The molecule has 21 heteroatoms. The minimum atomic E-state index is -4.94. The van der Waals surface area contributed by atoms with Crippen LogP contribution in [-0.4, -0.2) is 79.7 Å². The van der Waals surface area contributed by atoms with Crippen LogP contribution in [0.5, 0.6) is 0 Å². The highest BCUT2D eigenvalue weighted by molar-refractivity contribution is 7.47. The molecule has 3 fully saturated rings. The quantitative estimate of drug-likeness (QED) is 0.287. The van der Waals surface area contributed by atoms with E-state index >= 15 is 0 Å². The van der Waals surface area contributed by atoms with Crippen LogP contribution in [0.2, 0.25) is 0 Å². The number of nitrogens with one attached hydrogen (secondary N) is 2. The molecule has 0 bridgehead atoms. The first-order valence-corrected chi connectivity index (χ1v) is 15.0. The van der Waals surface area contributed by atoms with Crippen molar-refractivity contribution in [2.24, 2.45) is 0 Å². The standard InChI is InChI=1S/C20H26N4O15P2/c1-9-6-24(20(28)22-17(9)26)14-5-10-11(36-14)7-34-41(31,32)39-15-12(8-35-40(29,30)38-10)37-18(16(15)33-2)23-4-3-13(25)21-19(23)27/h3-4,6,10-12,14-16,18H,5,7-8H2,1-2H3,(H,29,30)(H,31,32)(H,21,25,27)(H,22,26,28)/t10-,11+,12+,14+,15+,16+,18+/m0/s1. The molecule has 226 valence electrons. The SMILES string of the molecule is CO[C@@H]1[C@@H]2OP(=O)(O)OC[C@H]3O[C@@H](n4cc(C)c(=O)[nH]c4=O)C[C@@H]3OP(=O)(O)OC[C@H]2O[C@H]1n1ccc(=O)[nH]c1=O. The van der Waals surface area contributed by atoms with Crippen molar-refractivity contribution in [3.63, 3.8) is 0 Å². The monoisotopic (exact) mass is 624 g/mol. The van der Waals surface area contributed by atoms with Crippen LogP contribution < -0.4 is 22.5 Å². The zero-order chi connectivity index (χ0) is 29.7. The molecule has 5 heterocycles. The van der Waals surface area contributed by atoms with Gasteiger partial charge in [-0.3, -0.25) is 46.8 Å². The predicted molar refractivity (Wildman–Crippen MR) is 132 cm³/mol. The van der Waals surface area contributed by atoms with Gasteiger partial charge in [-0.2, -0.15) is 0 Å². The molecule has 19 nitrogen and oxygen atoms in total. The lowest BCUT2D eigenvalue weighted by atomic mass is 10.1. The number of ether oxygens (including phenoxy) is 3. The zero-order valence-electron chi connectivity index (χ0n) is 21.4. The summed E-state index contributed by atoms with van der Waals surface area (Å²) in [6.45, 7) is 0.00505. The molecule has 41 heavy (non-hydrogen) atoms. The highest BCUT2D eigenvalue weighted by Crippen LogP contribution is 2.53. The second-order valence-electron chi connectivity index (χ2n) is 9.37. The van der Waals surface area contributed by atoms with Gasteiger partial charge < -0.3 is 24.0 Å². The molecule has 3 aliphatic heterocycles. The number of aromatic amines is 2. The van der Waals surface area contributed by atoms with Crippen molar-refractivity contribution in [3.8, 4) is 0 Å². The molecule has 4 N–H and O–H groups in total. The van der Waals surface area contributed by atoms with E-state index in [0.717, 1.165) is 21.4 Å². The third kappa shape index (κ3) is 6.30. The van der Waals surface area contributed by atoms with Crippen molar-refractivity contribution >= 4 is 15.6 Å². The fraction of sp³-hybridized carbons (Fsp3) is 0.600. The Hall–Kier alpha value is -2.54. The molecular weight excluding hydrogens is 598 g/mol. The van der Waals surface area contributed by atoms with Gasteiger partial charge >= 0.3 is 27.0 Å². The Bertz CT molecular complexity index is 1630. The van der Waals surface area contributed by atoms with Crippen LogP contribution in [0.25, 0.3) is 0 Å². The van der Waals surface area contributed by atoms with Gasteiger partial charge in [0, 0.05) is 37.6 Å². The predicted octanol–water partition coefficient (Wildman–Crippen LogP) is -1.39. The number of H-pyrrole nitrogens is 2. The molecule has 2 aromatic heterocycles. The first kappa shape index (κ1) is 29.9. The number of nitrogens with zero attached hydrogens (tertiary/aromatic N) is 2. The number of hydrogen-bond donors (Lipinski definition) is 4. The Morgan fingerprint density at radius 2 is 1.59 bits per heavy atom. The van der Waals surface area contributed by atoms with Crippen molar-refractivity contribution in [2.45, 2.75) is 56.3 Å². The summed E-state index contributed by atoms with van der Waals surface area (Å²) < 4.78 is 65.6. The lowest BCUT2D eigenvalue weighted by molar-refractivity contribution is -0.0689. The van der Waals surface area contributed by atoms with Crippen LogP contribution in [0, 0.1) is 6.92 Å². The summed E-state index contributed by atoms with van der Waals surface area (Å²) in [5.74, 6) is 0. The largest absolute Gasteiger partial charge is 0.472 e. The summed E-state index contributed by atoms with van der Waals surface area (Å²) in [7, 11) is -8.62. The number of hydrogen-bond acceptors (Lipinski definition) is 13. The molecule has 3 aliphatic rings. The van der Waals surface area contributed by atoms with Gasteiger partial charge in [0.2, 0.25) is 0 Å². The van der Waals surface area contributed by atoms with Crippen LogP contribution in [-0.2, 0) is 41.4 Å². The van der Waals surface area contributed by atoms with Crippen LogP contribution in [0.4, 0.5) is 0 Å². The highest BCUT2D eigenvalue weighted by atomic mass is 31.2. The van der Waals surface area contributed by atoms with Crippen LogP contribution in [0.15, 0.2) is 37.6 Å². The molecule has 3 saturated heterocycles. The minimum Gasteiger partial charge on any atom is -0.374 e. The normalized spacial score (nSPS) is 38.0. The third-order valence-corrected chi connectivity index (χ3v) is 8.64. The van der Waals surface area contributed by atoms with Crippen molar-refractivity contribution in [3.05, 3.63) is 65.7 Å². The maximum absolute atomic E-state index is 13.0. The summed E-state index contributed by atoms with van der Waals surface area (Å²) in [5, 5.41) is 0. The Morgan fingerprint density at radius 3 is 2.27 bits per heavy atom. The number of fused-ring (bicyclic) bond motifs is 2. The Labute approximate surface area is 228 Å². The average molecular weight is 624 g/mol. The van der Waals surface area contributed by atoms with E-state index in [1.54, 1.807) is 0 Å². The van der Waals surface area contributed by atoms with Crippen LogP contribution >= 0.6 is 15.6 Å². The molecule has 2 aromatic rings. The molecule has 0 radical (unpaired) electrons. The Morgan fingerprint density at radius 1 is 0.927 bits per heavy atom. The summed E-state index contributed by atoms with van der Waals surface area (Å²) >= 11 is 0. The van der Waals surface area contributed by atoms with Gasteiger partial charge in [-0.25, -0.2) is 18.7 Å². The maximum Gasteiger partial charge on any atom is 0.472 e. The third-order valence-electron chi connectivity index (χ3n) is 6.65. The second-order valence-corrected chi connectivity index (χ2v) is 12.2. The lowest BCUT2D eigenvalue weighted by Gasteiger charge is -2.28. The maximum atomic E-state index is 13.0. The number of aromatic nitrogens is 4. The van der Waals surface area contributed by atoms with Crippen molar-refractivity contribution < 1.29 is 51.2 Å². The van der Waals surface area contributed by atoms with Gasteiger partial charge in [0.15, 0.2) is 6.23 Å². The van der Waals surface area contributed by atoms with Gasteiger partial charge in [0.05, 0.1) is 13.2 Å². The van der Waals surface area contributed by atoms with Crippen molar-refractivity contribution in [2.75, 3.05) is 20.3 Å². The van der Waals surface area contributed by atoms with E-state index in [0.29, 0.717) is 0 Å². The van der Waals surface area contributed by atoms with Gasteiger partial charge in [0.25, 0.3) is 11.1 Å². The van der Waals surface area contributed by atoms with Crippen molar-refractivity contribution in [1.29, 1.82) is 0 Å². The molecule has 5 rings (SSSR count). The van der Waals surface area contributed by atoms with Crippen LogP contribution in [0.3, 0.4) is 0 Å². The molecule has 0 aliphatic carbocycles. The summed E-state index contributed by atoms with van der Waals surface area (Å²) in [6, 6.07) is 1.03.